The second-order valence-electron chi connectivity index (χ2n) is 27.0. The standard InChI is InChI=1S/C77H146O17P2/c1-5-9-13-17-21-25-29-33-35-39-41-45-49-53-57-61-74(79)87-67-72(93-76(81)63-59-55-51-47-43-37-31-27-23-19-15-11-7-3)69-91-95(83,84)89-65-71(78)66-90-96(85,86)92-70-73(94-77(82)64-60-56-52-48-44-38-32-28-24-20-16-12-8-4)68-88-75(80)62-58-54-50-46-42-40-36-34-30-26-22-18-14-10-6-2/h27,31,34,36,71-73,78H,5-26,28-30,32-33,35,37-70H2,1-4H3,(H,83,84)(H,85,86)/b31-27-,36-34-. The predicted octanol–water partition coefficient (Wildman–Crippen LogP) is 22.6. The molecular weight excluding hydrogens is 1260 g/mol. The molecule has 0 aliphatic carbocycles. The van der Waals surface area contributed by atoms with Gasteiger partial charge in [0, 0.05) is 25.7 Å². The summed E-state index contributed by atoms with van der Waals surface area (Å²) >= 11 is 0. The van der Waals surface area contributed by atoms with Crippen molar-refractivity contribution in [1.82, 2.24) is 0 Å². The number of hydrogen-bond acceptors (Lipinski definition) is 15. The third-order valence-electron chi connectivity index (χ3n) is 17.4. The van der Waals surface area contributed by atoms with Gasteiger partial charge in [-0.2, -0.15) is 0 Å². The van der Waals surface area contributed by atoms with E-state index in [0.29, 0.717) is 25.7 Å². The minimum absolute atomic E-state index is 0.0935. The molecule has 3 N–H and O–H groups in total. The molecule has 5 atom stereocenters. The summed E-state index contributed by atoms with van der Waals surface area (Å²) in [4.78, 5) is 72.9. The lowest BCUT2D eigenvalue weighted by atomic mass is 10.0. The van der Waals surface area contributed by atoms with Gasteiger partial charge in [-0.25, -0.2) is 9.13 Å². The molecule has 0 aromatic heterocycles. The number of rotatable bonds is 76. The Bertz CT molecular complexity index is 1920. The zero-order valence-electron chi connectivity index (χ0n) is 61.8. The molecule has 5 unspecified atom stereocenters. The summed E-state index contributed by atoms with van der Waals surface area (Å²) in [6.45, 7) is 4.93. The molecule has 0 radical (unpaired) electrons. The van der Waals surface area contributed by atoms with E-state index < -0.39 is 97.5 Å². The second-order valence-corrected chi connectivity index (χ2v) is 29.9. The summed E-state index contributed by atoms with van der Waals surface area (Å²) < 4.78 is 68.5. The SMILES string of the molecule is CCCCCC/C=C\CCCCCCCC(=O)OC(COC(=O)CCCCCCCCCCCCCCCCC)COP(=O)(O)OCC(O)COP(=O)(O)OCC(COC(=O)CCCCCCC/C=C\CCCCCCCC)OC(=O)CCCCCCCCCCCCCCC. The zero-order chi connectivity index (χ0) is 70.4. The number of esters is 4. The summed E-state index contributed by atoms with van der Waals surface area (Å²) in [7, 11) is -9.92. The zero-order valence-corrected chi connectivity index (χ0v) is 63.6. The molecule has 0 aliphatic heterocycles. The van der Waals surface area contributed by atoms with Crippen molar-refractivity contribution in [3.05, 3.63) is 24.3 Å². The maximum absolute atomic E-state index is 13.1. The third-order valence-corrected chi connectivity index (χ3v) is 19.3. The van der Waals surface area contributed by atoms with Crippen LogP contribution in [0.4, 0.5) is 0 Å². The van der Waals surface area contributed by atoms with Gasteiger partial charge < -0.3 is 33.8 Å². The molecule has 96 heavy (non-hydrogen) atoms. The van der Waals surface area contributed by atoms with Gasteiger partial charge >= 0.3 is 39.5 Å². The van der Waals surface area contributed by atoms with E-state index in [4.69, 9.17) is 37.0 Å². The van der Waals surface area contributed by atoms with Crippen LogP contribution in [0.1, 0.15) is 387 Å². The Morgan fingerprint density at radius 2 is 0.479 bits per heavy atom. The average molecular weight is 1410 g/mol. The quantitative estimate of drug-likeness (QED) is 0.0169. The van der Waals surface area contributed by atoms with Crippen molar-refractivity contribution in [2.45, 2.75) is 406 Å². The smallest absolute Gasteiger partial charge is 0.462 e. The fourth-order valence-corrected chi connectivity index (χ4v) is 12.9. The highest BCUT2D eigenvalue weighted by Gasteiger charge is 2.30. The molecule has 0 saturated carbocycles. The van der Waals surface area contributed by atoms with Crippen LogP contribution in [0.5, 0.6) is 0 Å². The number of carbonyl (C=O) groups is 4. The number of carbonyl (C=O) groups excluding carboxylic acids is 4. The first-order chi connectivity index (χ1) is 46.7. The molecule has 0 bridgehead atoms. The molecule has 0 amide bonds. The molecule has 0 spiro atoms. The largest absolute Gasteiger partial charge is 0.472 e. The Morgan fingerprint density at radius 1 is 0.281 bits per heavy atom. The first kappa shape index (κ1) is 93.5. The van der Waals surface area contributed by atoms with E-state index in [2.05, 4.69) is 52.0 Å². The molecule has 0 aromatic rings. The number of hydrogen-bond donors (Lipinski definition) is 3. The summed E-state index contributed by atoms with van der Waals surface area (Å²) in [5.74, 6) is -2.14. The maximum atomic E-state index is 13.1. The number of unbranched alkanes of at least 4 members (excludes halogenated alkanes) is 46. The van der Waals surface area contributed by atoms with Crippen LogP contribution >= 0.6 is 15.6 Å². The number of phosphoric ester groups is 2. The Hall–Kier alpha value is -2.46. The lowest BCUT2D eigenvalue weighted by molar-refractivity contribution is -0.161. The number of aliphatic hydroxyl groups excluding tert-OH is 1. The van der Waals surface area contributed by atoms with Gasteiger partial charge in [0.25, 0.3) is 0 Å². The van der Waals surface area contributed by atoms with Gasteiger partial charge in [0.05, 0.1) is 26.4 Å². The van der Waals surface area contributed by atoms with Crippen molar-refractivity contribution >= 4 is 39.5 Å². The van der Waals surface area contributed by atoms with Gasteiger partial charge in [0.2, 0.25) is 0 Å². The normalized spacial score (nSPS) is 14.0. The van der Waals surface area contributed by atoms with Crippen LogP contribution in [0.25, 0.3) is 0 Å². The molecule has 0 fully saturated rings. The van der Waals surface area contributed by atoms with Crippen LogP contribution in [-0.4, -0.2) is 96.7 Å². The first-order valence-electron chi connectivity index (χ1n) is 39.6. The van der Waals surface area contributed by atoms with E-state index in [1.165, 1.54) is 186 Å². The lowest BCUT2D eigenvalue weighted by Gasteiger charge is -2.21. The van der Waals surface area contributed by atoms with Gasteiger partial charge in [0.15, 0.2) is 12.2 Å². The van der Waals surface area contributed by atoms with Crippen LogP contribution in [0.3, 0.4) is 0 Å². The fourth-order valence-electron chi connectivity index (χ4n) is 11.3. The first-order valence-corrected chi connectivity index (χ1v) is 42.6. The molecule has 17 nitrogen and oxygen atoms in total. The van der Waals surface area contributed by atoms with Gasteiger partial charge in [-0.05, 0) is 77.0 Å². The van der Waals surface area contributed by atoms with E-state index >= 15 is 0 Å². The second kappa shape index (κ2) is 71.0. The van der Waals surface area contributed by atoms with Crippen LogP contribution in [0.15, 0.2) is 24.3 Å². The van der Waals surface area contributed by atoms with Crippen molar-refractivity contribution < 1.29 is 80.2 Å². The van der Waals surface area contributed by atoms with Gasteiger partial charge in [-0.15, -0.1) is 0 Å². The molecule has 0 rings (SSSR count). The topological polar surface area (TPSA) is 237 Å². The van der Waals surface area contributed by atoms with E-state index in [0.717, 1.165) is 122 Å². The van der Waals surface area contributed by atoms with E-state index in [1.54, 1.807) is 0 Å². The molecule has 566 valence electrons. The Balaban J connectivity index is 5.28. The molecule has 0 heterocycles. The van der Waals surface area contributed by atoms with Crippen LogP contribution in [0, 0.1) is 0 Å². The van der Waals surface area contributed by atoms with E-state index in [9.17, 15) is 43.2 Å². The summed E-state index contributed by atoms with van der Waals surface area (Å²) in [5.41, 5.74) is 0. The monoisotopic (exact) mass is 1410 g/mol. The minimum atomic E-state index is -4.96. The number of allylic oxidation sites excluding steroid dienone is 4. The number of phosphoric acid groups is 2. The van der Waals surface area contributed by atoms with Crippen LogP contribution in [0.2, 0.25) is 0 Å². The van der Waals surface area contributed by atoms with E-state index in [-0.39, 0.29) is 25.7 Å². The van der Waals surface area contributed by atoms with Gasteiger partial charge in [-0.3, -0.25) is 37.3 Å². The third kappa shape index (κ3) is 70.0. The van der Waals surface area contributed by atoms with Gasteiger partial charge in [0.1, 0.15) is 19.3 Å². The van der Waals surface area contributed by atoms with Crippen molar-refractivity contribution in [2.75, 3.05) is 39.6 Å². The van der Waals surface area contributed by atoms with Crippen LogP contribution < -0.4 is 0 Å². The molecule has 0 aromatic carbocycles. The van der Waals surface area contributed by atoms with Gasteiger partial charge in [-0.1, -0.05) is 309 Å². The van der Waals surface area contributed by atoms with Crippen LogP contribution in [-0.2, 0) is 65.4 Å². The van der Waals surface area contributed by atoms with Crippen molar-refractivity contribution in [3.63, 3.8) is 0 Å². The summed E-state index contributed by atoms with van der Waals surface area (Å²) in [6.07, 6.45) is 64.4. The summed E-state index contributed by atoms with van der Waals surface area (Å²) in [6, 6.07) is 0. The fraction of sp³-hybridized carbons (Fsp3) is 0.896. The number of ether oxygens (including phenoxy) is 4. The van der Waals surface area contributed by atoms with Crippen molar-refractivity contribution in [1.29, 1.82) is 0 Å². The highest BCUT2D eigenvalue weighted by molar-refractivity contribution is 7.47. The Morgan fingerprint density at radius 3 is 0.729 bits per heavy atom. The molecule has 0 aliphatic rings. The van der Waals surface area contributed by atoms with Crippen molar-refractivity contribution in [2.24, 2.45) is 0 Å². The predicted molar refractivity (Wildman–Crippen MR) is 391 cm³/mol. The maximum Gasteiger partial charge on any atom is 0.472 e. The molecular formula is C77H146O17P2. The minimum Gasteiger partial charge on any atom is -0.462 e. The van der Waals surface area contributed by atoms with Crippen molar-refractivity contribution in [3.8, 4) is 0 Å². The molecule has 0 saturated heterocycles. The summed E-state index contributed by atoms with van der Waals surface area (Å²) in [5, 5.41) is 10.6. The number of aliphatic hydroxyl groups is 1. The Labute approximate surface area is 586 Å². The highest BCUT2D eigenvalue weighted by atomic mass is 31.2. The lowest BCUT2D eigenvalue weighted by Crippen LogP contribution is -2.30. The average Bonchev–Trinajstić information content (AvgIpc) is 1.15. The Kier molecular flexibility index (Phi) is 69.1. The van der Waals surface area contributed by atoms with E-state index in [1.807, 2.05) is 0 Å². The highest BCUT2D eigenvalue weighted by Crippen LogP contribution is 2.45. The molecule has 19 heteroatoms.